The molecule has 0 amide bonds. The number of aromatic amines is 1. The highest BCUT2D eigenvalue weighted by molar-refractivity contribution is 8.55. The largest absolute Gasteiger partial charge is 0.509 e. The number of alkyl halides is 2. The van der Waals surface area contributed by atoms with Gasteiger partial charge in [-0.3, -0.25) is 32.5 Å². The number of halogens is 2. The number of carbonyl (C=O) groups excluding carboxylic acids is 1. The molecule has 3 fully saturated rings. The number of unbranched alkanes of at least 4 members (excludes halogenated alkanes) is 9. The van der Waals surface area contributed by atoms with E-state index < -0.39 is 101 Å². The predicted molar refractivity (Wildman–Crippen MR) is 221 cm³/mol. The molecule has 0 spiro atoms. The molecule has 3 aliphatic heterocycles. The zero-order valence-corrected chi connectivity index (χ0v) is 36.8. The Balaban J connectivity index is 1.09. The van der Waals surface area contributed by atoms with Crippen LogP contribution in [0.4, 0.5) is 25.3 Å². The number of nitrogens with two attached hydrogens (primary N) is 2. The fourth-order valence-electron chi connectivity index (χ4n) is 7.35. The van der Waals surface area contributed by atoms with E-state index in [4.69, 9.17) is 48.7 Å². The quantitative estimate of drug-likeness (QED) is 0.0471. The third kappa shape index (κ3) is 11.3. The number of nitrogens with zero attached hydrogens (tertiary/aromatic N) is 7. The molecule has 6 N–H and O–H groups in total. The molecule has 348 valence electrons. The monoisotopic (exact) mass is 950 g/mol. The molecular weight excluding hydrogens is 900 g/mol. The van der Waals surface area contributed by atoms with Crippen LogP contribution >= 0.6 is 25.8 Å². The van der Waals surface area contributed by atoms with Crippen molar-refractivity contribution in [2.45, 2.75) is 120 Å². The minimum Gasteiger partial charge on any atom is -0.434 e. The van der Waals surface area contributed by atoms with Crippen molar-refractivity contribution in [3.8, 4) is 0 Å². The molecule has 3 saturated heterocycles. The highest BCUT2D eigenvalue weighted by Crippen LogP contribution is 2.64. The highest BCUT2D eigenvalue weighted by atomic mass is 32.7. The highest BCUT2D eigenvalue weighted by Gasteiger charge is 2.54. The van der Waals surface area contributed by atoms with Gasteiger partial charge in [0.1, 0.15) is 42.6 Å². The van der Waals surface area contributed by atoms with E-state index in [-0.39, 0.29) is 40.7 Å². The Morgan fingerprint density at radius 1 is 0.873 bits per heavy atom. The number of anilines is 2. The van der Waals surface area contributed by atoms with Crippen LogP contribution in [0, 0.1) is 0 Å². The van der Waals surface area contributed by atoms with Crippen molar-refractivity contribution in [2.75, 3.05) is 43.6 Å². The van der Waals surface area contributed by atoms with E-state index in [0.717, 1.165) is 42.9 Å². The summed E-state index contributed by atoms with van der Waals surface area (Å²) in [4.78, 5) is 58.5. The molecule has 7 heterocycles. The first-order chi connectivity index (χ1) is 30.3. The van der Waals surface area contributed by atoms with Crippen LogP contribution in [0.15, 0.2) is 23.8 Å². The van der Waals surface area contributed by atoms with Crippen molar-refractivity contribution in [3.63, 3.8) is 0 Å². The van der Waals surface area contributed by atoms with Crippen molar-refractivity contribution < 1.29 is 64.9 Å². The Kier molecular flexibility index (Phi) is 15.7. The molecule has 0 radical (unpaired) electrons. The summed E-state index contributed by atoms with van der Waals surface area (Å²) in [5, 5.41) is 0. The van der Waals surface area contributed by atoms with Crippen molar-refractivity contribution in [3.05, 3.63) is 29.3 Å². The van der Waals surface area contributed by atoms with Crippen LogP contribution in [-0.4, -0.2) is 119 Å². The fourth-order valence-corrected chi connectivity index (χ4v) is 10.9. The Morgan fingerprint density at radius 3 is 2.29 bits per heavy atom. The number of aromatic nitrogens is 8. The van der Waals surface area contributed by atoms with Crippen LogP contribution in [0.5, 0.6) is 0 Å². The minimum atomic E-state index is -4.77. The second kappa shape index (κ2) is 21.0. The smallest absolute Gasteiger partial charge is 0.434 e. The Bertz CT molecular complexity index is 2350. The molecule has 0 saturated carbocycles. The van der Waals surface area contributed by atoms with Gasteiger partial charge in [-0.1, -0.05) is 64.7 Å². The maximum atomic E-state index is 16.5. The molecule has 28 heteroatoms. The summed E-state index contributed by atoms with van der Waals surface area (Å²) >= 11 is 0.330. The van der Waals surface area contributed by atoms with Crippen LogP contribution in [0.3, 0.4) is 0 Å². The van der Waals surface area contributed by atoms with Gasteiger partial charge in [0.25, 0.3) is 5.56 Å². The van der Waals surface area contributed by atoms with E-state index in [1.807, 2.05) is 0 Å². The SMILES string of the molecule is CCCCCCCCCCCCOC(=O)OCSP1(=O)OC[C@H]2O[C@@H](n3cnc4c(N)ncnc43)[C@H](F)[C@@H]2OCP(=O)(O)OC[C@H]2O[C@@H](n3cnc4c(=O)[nH]c(N)nc43)[C@H](O1)[C@@H]2F. The number of hydrogen-bond acceptors (Lipinski definition) is 20. The number of imidazole rings is 2. The van der Waals surface area contributed by atoms with Gasteiger partial charge in [0.2, 0.25) is 5.95 Å². The maximum Gasteiger partial charge on any atom is 0.509 e. The lowest BCUT2D eigenvalue weighted by atomic mass is 10.1. The Morgan fingerprint density at radius 2 is 1.54 bits per heavy atom. The van der Waals surface area contributed by atoms with E-state index >= 15 is 8.78 Å². The molecule has 4 aromatic heterocycles. The van der Waals surface area contributed by atoms with Crippen molar-refractivity contribution in [1.82, 2.24) is 39.0 Å². The van der Waals surface area contributed by atoms with Crippen LogP contribution < -0.4 is 17.0 Å². The van der Waals surface area contributed by atoms with Crippen LogP contribution in [0.1, 0.15) is 83.6 Å². The average molecular weight is 951 g/mol. The van der Waals surface area contributed by atoms with Gasteiger partial charge >= 0.3 is 20.5 Å². The van der Waals surface area contributed by atoms with E-state index in [1.165, 1.54) is 43.0 Å². The molecule has 2 bridgehead atoms. The van der Waals surface area contributed by atoms with Crippen molar-refractivity contribution >= 4 is 66.0 Å². The number of nitrogens with one attached hydrogen (secondary N) is 1. The van der Waals surface area contributed by atoms with E-state index in [9.17, 15) is 23.6 Å². The number of fused-ring (bicyclic) bond motifs is 5. The first-order valence-corrected chi connectivity index (χ1v) is 25.4. The van der Waals surface area contributed by atoms with Gasteiger partial charge in [-0.05, 0) is 6.42 Å². The van der Waals surface area contributed by atoms with Gasteiger partial charge < -0.3 is 44.6 Å². The van der Waals surface area contributed by atoms with Crippen molar-refractivity contribution in [1.29, 1.82) is 0 Å². The topological polar surface area (TPSA) is 304 Å². The molecule has 4 aromatic rings. The summed E-state index contributed by atoms with van der Waals surface area (Å²) in [7, 11) is -4.77. The molecule has 2 unspecified atom stereocenters. The van der Waals surface area contributed by atoms with E-state index in [1.54, 1.807) is 0 Å². The van der Waals surface area contributed by atoms with Gasteiger partial charge in [0, 0.05) is 11.4 Å². The third-order valence-electron chi connectivity index (χ3n) is 10.5. The van der Waals surface area contributed by atoms with Gasteiger partial charge in [0.15, 0.2) is 53.4 Å². The van der Waals surface area contributed by atoms with Crippen LogP contribution in [0.25, 0.3) is 22.3 Å². The van der Waals surface area contributed by atoms with Crippen molar-refractivity contribution in [2.24, 2.45) is 0 Å². The maximum absolute atomic E-state index is 16.5. The van der Waals surface area contributed by atoms with Gasteiger partial charge in [0.05, 0.1) is 32.5 Å². The number of H-pyrrole nitrogens is 1. The normalized spacial score (nSPS) is 30.3. The lowest BCUT2D eigenvalue weighted by molar-refractivity contribution is -0.0551. The van der Waals surface area contributed by atoms with Gasteiger partial charge in [-0.25, -0.2) is 38.1 Å². The average Bonchev–Trinajstić information content (AvgIpc) is 4.01. The second-order valence-electron chi connectivity index (χ2n) is 15.1. The fraction of sp³-hybridized carbons (Fsp3) is 0.686. The Labute approximate surface area is 362 Å². The number of rotatable bonds is 16. The number of nitrogen functional groups attached to an aromatic ring is 2. The summed E-state index contributed by atoms with van der Waals surface area (Å²) in [6.45, 7) is -4.19. The number of carbonyl (C=O) groups is 1. The Hall–Kier alpha value is -3.84. The standard InChI is InChI=1S/C35H50F2N10O13P2S/c1-2-3-4-5-6-7-8-9-10-11-12-53-35(49)55-19-63-62(52)57-14-21-26(23(37)32(59-21)46-16-42-24-28(38)40-15-41-29(24)46)54-18-61(50,51)56-13-20-22(36)27(60-62)33(58-20)47-17-43-25-30(47)44-34(39)45-31(25)48/h15-17,20-23,26-27,32-33H,2-14,18-19H2,1H3,(H,50,51)(H2,38,40,41)(H3,39,44,45,48)/t20-,21-,22-,23-,26-,27-,32-,33-,62?/m1/s1. The number of ether oxygens (including phenoxy) is 5. The second-order valence-corrected chi connectivity index (χ2v) is 20.8. The molecule has 0 aromatic carbocycles. The first-order valence-electron chi connectivity index (χ1n) is 20.5. The number of hydrogen-bond donors (Lipinski definition) is 4. The van der Waals surface area contributed by atoms with E-state index in [0.29, 0.717) is 17.8 Å². The summed E-state index contributed by atoms with van der Waals surface area (Å²) < 4.78 is 108. The third-order valence-corrected chi connectivity index (χ3v) is 14.9. The zero-order chi connectivity index (χ0) is 44.7. The summed E-state index contributed by atoms with van der Waals surface area (Å²) in [6.07, 6.45) is -2.25. The predicted octanol–water partition coefficient (Wildman–Crippen LogP) is 5.43. The molecular formula is C35H50F2N10O13P2S. The minimum absolute atomic E-state index is 0.00114. The molecule has 0 aliphatic carbocycles. The summed E-state index contributed by atoms with van der Waals surface area (Å²) in [6, 6.07) is 0. The lowest BCUT2D eigenvalue weighted by Gasteiger charge is -2.27. The lowest BCUT2D eigenvalue weighted by Crippen LogP contribution is -2.36. The zero-order valence-electron chi connectivity index (χ0n) is 34.1. The summed E-state index contributed by atoms with van der Waals surface area (Å²) in [5.74, 6) is -1.01. The molecule has 23 nitrogen and oxygen atoms in total. The van der Waals surface area contributed by atoms with Gasteiger partial charge in [-0.2, -0.15) is 4.98 Å². The first kappa shape index (κ1) is 47.1. The molecule has 3 aliphatic rings. The van der Waals surface area contributed by atoms with Crippen LogP contribution in [0.2, 0.25) is 0 Å². The van der Waals surface area contributed by atoms with Crippen LogP contribution in [-0.2, 0) is 46.4 Å². The van der Waals surface area contributed by atoms with Gasteiger partial charge in [-0.15, -0.1) is 0 Å². The summed E-state index contributed by atoms with van der Waals surface area (Å²) in [5.41, 5.74) is 10.8. The molecule has 63 heavy (non-hydrogen) atoms. The molecule has 10 atom stereocenters. The molecule has 7 rings (SSSR count). The van der Waals surface area contributed by atoms with E-state index in [2.05, 4.69) is 36.8 Å².